The second-order valence-electron chi connectivity index (χ2n) is 5.32. The van der Waals surface area contributed by atoms with E-state index in [1.807, 2.05) is 48.7 Å². The second kappa shape index (κ2) is 7.54. The zero-order chi connectivity index (χ0) is 15.9. The monoisotopic (exact) mass is 310 g/mol. The van der Waals surface area contributed by atoms with E-state index >= 15 is 0 Å². The molecule has 0 radical (unpaired) electrons. The summed E-state index contributed by atoms with van der Waals surface area (Å²) in [6.45, 7) is 3.26. The highest BCUT2D eigenvalue weighted by Crippen LogP contribution is 2.20. The maximum Gasteiger partial charge on any atom is 0.146 e. The van der Waals surface area contributed by atoms with E-state index in [-0.39, 0.29) is 5.82 Å². The SMILES string of the molecule is Fc1ccccc1N1CCN(/C=C/N=Nc2ccccc2)CC1. The van der Waals surface area contributed by atoms with Crippen molar-refractivity contribution in [3.8, 4) is 0 Å². The van der Waals surface area contributed by atoms with Crippen LogP contribution in [0.3, 0.4) is 0 Å². The van der Waals surface area contributed by atoms with E-state index in [9.17, 15) is 4.39 Å². The van der Waals surface area contributed by atoms with E-state index in [1.54, 1.807) is 12.3 Å². The second-order valence-corrected chi connectivity index (χ2v) is 5.32. The molecular weight excluding hydrogens is 291 g/mol. The molecule has 0 unspecified atom stereocenters. The highest BCUT2D eigenvalue weighted by molar-refractivity contribution is 5.48. The van der Waals surface area contributed by atoms with Crippen LogP contribution < -0.4 is 4.90 Å². The van der Waals surface area contributed by atoms with Gasteiger partial charge in [0.05, 0.1) is 17.6 Å². The molecular formula is C18H19FN4. The van der Waals surface area contributed by atoms with Crippen molar-refractivity contribution in [1.82, 2.24) is 4.90 Å². The molecule has 0 saturated carbocycles. The molecule has 2 aromatic rings. The minimum Gasteiger partial charge on any atom is -0.373 e. The Hall–Kier alpha value is -2.69. The van der Waals surface area contributed by atoms with Crippen molar-refractivity contribution in [2.24, 2.45) is 10.2 Å². The van der Waals surface area contributed by atoms with Gasteiger partial charge in [0, 0.05) is 32.4 Å². The summed E-state index contributed by atoms with van der Waals surface area (Å²) < 4.78 is 13.8. The van der Waals surface area contributed by atoms with Crippen molar-refractivity contribution in [1.29, 1.82) is 0 Å². The van der Waals surface area contributed by atoms with E-state index in [2.05, 4.69) is 20.0 Å². The summed E-state index contributed by atoms with van der Waals surface area (Å²) in [5, 5.41) is 8.17. The van der Waals surface area contributed by atoms with Gasteiger partial charge in [-0.2, -0.15) is 10.2 Å². The summed E-state index contributed by atoms with van der Waals surface area (Å²) >= 11 is 0. The van der Waals surface area contributed by atoms with Crippen LogP contribution in [0.25, 0.3) is 0 Å². The smallest absolute Gasteiger partial charge is 0.146 e. The number of hydrogen-bond donors (Lipinski definition) is 0. The number of piperazine rings is 1. The number of para-hydroxylation sites is 1. The highest BCUT2D eigenvalue weighted by Gasteiger charge is 2.16. The number of rotatable bonds is 4. The first-order chi connectivity index (χ1) is 11.3. The number of hydrogen-bond acceptors (Lipinski definition) is 4. The normalized spacial score (nSPS) is 15.7. The first-order valence-corrected chi connectivity index (χ1v) is 7.69. The minimum atomic E-state index is -0.159. The molecule has 0 spiro atoms. The van der Waals surface area contributed by atoms with Gasteiger partial charge in [0.2, 0.25) is 0 Å². The van der Waals surface area contributed by atoms with Gasteiger partial charge >= 0.3 is 0 Å². The Kier molecular flexibility index (Phi) is 4.99. The van der Waals surface area contributed by atoms with Gasteiger partial charge in [0.15, 0.2) is 0 Å². The molecule has 0 atom stereocenters. The molecule has 23 heavy (non-hydrogen) atoms. The lowest BCUT2D eigenvalue weighted by Crippen LogP contribution is -2.44. The summed E-state index contributed by atoms with van der Waals surface area (Å²) in [5.74, 6) is -0.159. The molecule has 5 heteroatoms. The molecule has 0 N–H and O–H groups in total. The van der Waals surface area contributed by atoms with Gasteiger partial charge in [-0.1, -0.05) is 30.3 Å². The van der Waals surface area contributed by atoms with Gasteiger partial charge in [-0.15, -0.1) is 0 Å². The lowest BCUT2D eigenvalue weighted by molar-refractivity contribution is 0.347. The molecule has 1 fully saturated rings. The molecule has 0 aromatic heterocycles. The third kappa shape index (κ3) is 4.16. The molecule has 1 saturated heterocycles. The summed E-state index contributed by atoms with van der Waals surface area (Å²) in [6.07, 6.45) is 3.64. The lowest BCUT2D eigenvalue weighted by Gasteiger charge is -2.35. The fourth-order valence-corrected chi connectivity index (χ4v) is 2.54. The van der Waals surface area contributed by atoms with E-state index in [0.717, 1.165) is 31.9 Å². The van der Waals surface area contributed by atoms with Crippen LogP contribution >= 0.6 is 0 Å². The first-order valence-electron chi connectivity index (χ1n) is 7.69. The Morgan fingerprint density at radius 3 is 2.30 bits per heavy atom. The van der Waals surface area contributed by atoms with Gasteiger partial charge in [0.1, 0.15) is 5.82 Å². The molecule has 4 nitrogen and oxygen atoms in total. The van der Waals surface area contributed by atoms with Crippen LogP contribution in [0, 0.1) is 5.82 Å². The van der Waals surface area contributed by atoms with Crippen molar-refractivity contribution < 1.29 is 4.39 Å². The van der Waals surface area contributed by atoms with Gasteiger partial charge in [-0.25, -0.2) is 4.39 Å². The predicted molar refractivity (Wildman–Crippen MR) is 90.3 cm³/mol. The van der Waals surface area contributed by atoms with E-state index in [1.165, 1.54) is 6.07 Å². The van der Waals surface area contributed by atoms with E-state index in [4.69, 9.17) is 0 Å². The average Bonchev–Trinajstić information content (AvgIpc) is 2.61. The average molecular weight is 310 g/mol. The maximum absolute atomic E-state index is 13.8. The summed E-state index contributed by atoms with van der Waals surface area (Å²) in [5.41, 5.74) is 1.52. The third-order valence-electron chi connectivity index (χ3n) is 3.78. The quantitative estimate of drug-likeness (QED) is 0.792. The summed E-state index contributed by atoms with van der Waals surface area (Å²) in [4.78, 5) is 4.24. The molecule has 0 amide bonds. The molecule has 0 bridgehead atoms. The van der Waals surface area contributed by atoms with Crippen molar-refractivity contribution >= 4 is 11.4 Å². The maximum atomic E-state index is 13.8. The molecule has 1 aliphatic rings. The Morgan fingerprint density at radius 2 is 1.57 bits per heavy atom. The van der Waals surface area contributed by atoms with Crippen molar-refractivity contribution in [2.75, 3.05) is 31.1 Å². The van der Waals surface area contributed by atoms with Gasteiger partial charge in [-0.3, -0.25) is 0 Å². The summed E-state index contributed by atoms with van der Waals surface area (Å²) in [6, 6.07) is 16.5. The lowest BCUT2D eigenvalue weighted by atomic mass is 10.2. The number of azo groups is 1. The van der Waals surface area contributed by atoms with E-state index in [0.29, 0.717) is 5.69 Å². The van der Waals surface area contributed by atoms with Gasteiger partial charge in [-0.05, 0) is 24.3 Å². The van der Waals surface area contributed by atoms with Crippen molar-refractivity contribution in [2.45, 2.75) is 0 Å². The molecule has 118 valence electrons. The topological polar surface area (TPSA) is 31.2 Å². The largest absolute Gasteiger partial charge is 0.373 e. The van der Waals surface area contributed by atoms with Crippen LogP contribution in [0.1, 0.15) is 0 Å². The highest BCUT2D eigenvalue weighted by atomic mass is 19.1. The zero-order valence-corrected chi connectivity index (χ0v) is 12.8. The number of anilines is 1. The molecule has 1 heterocycles. The predicted octanol–water partition coefficient (Wildman–Crippen LogP) is 4.20. The van der Waals surface area contributed by atoms with Crippen LogP contribution in [-0.2, 0) is 0 Å². The first kappa shape index (κ1) is 15.2. The Bertz CT molecular complexity index is 676. The molecule has 2 aromatic carbocycles. The van der Waals surface area contributed by atoms with Crippen LogP contribution in [-0.4, -0.2) is 31.1 Å². The summed E-state index contributed by atoms with van der Waals surface area (Å²) in [7, 11) is 0. The third-order valence-corrected chi connectivity index (χ3v) is 3.78. The number of halogens is 1. The Labute approximate surface area is 135 Å². The fourth-order valence-electron chi connectivity index (χ4n) is 2.54. The zero-order valence-electron chi connectivity index (χ0n) is 12.8. The molecule has 1 aliphatic heterocycles. The number of benzene rings is 2. The van der Waals surface area contributed by atoms with Crippen LogP contribution in [0.5, 0.6) is 0 Å². The molecule has 3 rings (SSSR count). The standard InChI is InChI=1S/C18H19FN4/c19-17-8-4-5-9-18(17)23-14-12-22(13-15-23)11-10-20-21-16-6-2-1-3-7-16/h1-11H,12-15H2/b11-10+,21-20?. The van der Waals surface area contributed by atoms with Gasteiger partial charge < -0.3 is 9.80 Å². The van der Waals surface area contributed by atoms with E-state index < -0.39 is 0 Å². The van der Waals surface area contributed by atoms with Gasteiger partial charge in [0.25, 0.3) is 0 Å². The Balaban J connectivity index is 1.50. The van der Waals surface area contributed by atoms with Crippen LogP contribution in [0.15, 0.2) is 77.2 Å². The van der Waals surface area contributed by atoms with Crippen molar-refractivity contribution in [3.05, 3.63) is 72.8 Å². The van der Waals surface area contributed by atoms with Crippen LogP contribution in [0.2, 0.25) is 0 Å². The van der Waals surface area contributed by atoms with Crippen LogP contribution in [0.4, 0.5) is 15.8 Å². The molecule has 0 aliphatic carbocycles. The minimum absolute atomic E-state index is 0.159. The fraction of sp³-hybridized carbons (Fsp3) is 0.222. The van der Waals surface area contributed by atoms with Crippen molar-refractivity contribution in [3.63, 3.8) is 0 Å². The Morgan fingerprint density at radius 1 is 0.870 bits per heavy atom. The number of nitrogens with zero attached hydrogens (tertiary/aromatic N) is 4.